The van der Waals surface area contributed by atoms with Crippen molar-refractivity contribution in [2.45, 2.75) is 13.8 Å². The van der Waals surface area contributed by atoms with Crippen LogP contribution in [-0.2, 0) is 0 Å². The van der Waals surface area contributed by atoms with Gasteiger partial charge in [-0.25, -0.2) is 0 Å². The minimum Gasteiger partial charge on any atom is -0.411 e. The van der Waals surface area contributed by atoms with Gasteiger partial charge in [0.25, 0.3) is 0 Å². The van der Waals surface area contributed by atoms with Crippen molar-refractivity contribution >= 4 is 5.71 Å². The van der Waals surface area contributed by atoms with Crippen LogP contribution >= 0.6 is 0 Å². The maximum absolute atomic E-state index is 9.89. The van der Waals surface area contributed by atoms with Crippen molar-refractivity contribution in [2.24, 2.45) is 11.1 Å². The molecule has 0 heterocycles. The number of oxime groups is 1. The Morgan fingerprint density at radius 3 is 2.40 bits per heavy atom. The fourth-order valence-electron chi connectivity index (χ4n) is 0.462. The summed E-state index contributed by atoms with van der Waals surface area (Å²) in [6.07, 6.45) is 0. The van der Waals surface area contributed by atoms with Gasteiger partial charge in [0.1, 0.15) is 5.71 Å². The van der Waals surface area contributed by atoms with Gasteiger partial charge in [-0.1, -0.05) is 19.0 Å². The Morgan fingerprint density at radius 2 is 2.30 bits per heavy atom. The molecule has 5 heteroatoms. The first-order valence-electron chi connectivity index (χ1n) is 2.90. The first kappa shape index (κ1) is 8.87. The van der Waals surface area contributed by atoms with Crippen LogP contribution in [0.5, 0.6) is 0 Å². The Morgan fingerprint density at radius 1 is 1.80 bits per heavy atom. The smallest absolute Gasteiger partial charge is 0.245 e. The van der Waals surface area contributed by atoms with Gasteiger partial charge in [-0.3, -0.25) is 10.1 Å². The third-order valence-corrected chi connectivity index (χ3v) is 1.09. The molecule has 0 rings (SSSR count). The first-order chi connectivity index (χ1) is 4.57. The molecule has 0 aromatic carbocycles. The van der Waals surface area contributed by atoms with Crippen LogP contribution in [0.25, 0.3) is 0 Å². The van der Waals surface area contributed by atoms with E-state index < -0.39 is 4.92 Å². The normalized spacial score (nSPS) is 12.1. The van der Waals surface area contributed by atoms with Crippen molar-refractivity contribution in [2.75, 3.05) is 6.54 Å². The van der Waals surface area contributed by atoms with Crippen LogP contribution in [0.2, 0.25) is 0 Å². The summed E-state index contributed by atoms with van der Waals surface area (Å²) < 4.78 is 0. The fourth-order valence-corrected chi connectivity index (χ4v) is 0.462. The highest BCUT2D eigenvalue weighted by Gasteiger charge is 2.11. The first-order valence-corrected chi connectivity index (χ1v) is 2.90. The molecule has 0 amide bonds. The average molecular weight is 146 g/mol. The molecule has 0 atom stereocenters. The molecule has 58 valence electrons. The summed E-state index contributed by atoms with van der Waals surface area (Å²) in [6.45, 7) is 3.09. The van der Waals surface area contributed by atoms with E-state index in [-0.39, 0.29) is 18.2 Å². The Hall–Kier alpha value is -1.13. The van der Waals surface area contributed by atoms with Crippen LogP contribution in [-0.4, -0.2) is 22.4 Å². The van der Waals surface area contributed by atoms with E-state index in [0.29, 0.717) is 0 Å². The summed E-state index contributed by atoms with van der Waals surface area (Å²) in [7, 11) is 0. The molecule has 5 nitrogen and oxygen atoms in total. The fraction of sp³-hybridized carbons (Fsp3) is 0.800. The maximum Gasteiger partial charge on any atom is 0.245 e. The predicted molar refractivity (Wildman–Crippen MR) is 35.9 cm³/mol. The highest BCUT2D eigenvalue weighted by molar-refractivity contribution is 5.86. The Balaban J connectivity index is 3.99. The van der Waals surface area contributed by atoms with E-state index >= 15 is 0 Å². The molecule has 0 aliphatic rings. The molecule has 0 aliphatic carbocycles. The lowest BCUT2D eigenvalue weighted by Gasteiger charge is -2.00. The van der Waals surface area contributed by atoms with Crippen molar-refractivity contribution in [3.8, 4) is 0 Å². The van der Waals surface area contributed by atoms with Gasteiger partial charge in [0, 0.05) is 10.8 Å². The van der Waals surface area contributed by atoms with E-state index in [1.54, 1.807) is 13.8 Å². The zero-order valence-corrected chi connectivity index (χ0v) is 5.94. The number of nitro groups is 1. The molecule has 1 N–H and O–H groups in total. The molecule has 0 aliphatic heterocycles. The van der Waals surface area contributed by atoms with Crippen molar-refractivity contribution in [1.82, 2.24) is 0 Å². The quantitative estimate of drug-likeness (QED) is 0.276. The van der Waals surface area contributed by atoms with E-state index in [9.17, 15) is 10.1 Å². The van der Waals surface area contributed by atoms with Crippen molar-refractivity contribution < 1.29 is 10.1 Å². The highest BCUT2D eigenvalue weighted by Crippen LogP contribution is 1.96. The third kappa shape index (κ3) is 3.01. The molecular formula is C5H10N2O3. The SMILES string of the molecule is CC(C)/C(C[N+](=O)[O-])=N/O. The van der Waals surface area contributed by atoms with Gasteiger partial charge in [0.15, 0.2) is 0 Å². The lowest BCUT2D eigenvalue weighted by molar-refractivity contribution is -0.463. The van der Waals surface area contributed by atoms with Crippen molar-refractivity contribution in [1.29, 1.82) is 0 Å². The molecular weight excluding hydrogens is 136 g/mol. The van der Waals surface area contributed by atoms with Gasteiger partial charge in [-0.2, -0.15) is 0 Å². The van der Waals surface area contributed by atoms with E-state index in [2.05, 4.69) is 5.16 Å². The number of hydrogen-bond acceptors (Lipinski definition) is 4. The Kier molecular flexibility index (Phi) is 3.38. The zero-order chi connectivity index (χ0) is 8.15. The zero-order valence-electron chi connectivity index (χ0n) is 5.94. The molecule has 0 radical (unpaired) electrons. The molecule has 0 saturated carbocycles. The molecule has 0 bridgehead atoms. The summed E-state index contributed by atoms with van der Waals surface area (Å²) in [4.78, 5) is 9.37. The van der Waals surface area contributed by atoms with Gasteiger partial charge in [0.2, 0.25) is 6.54 Å². The van der Waals surface area contributed by atoms with Gasteiger partial charge in [-0.15, -0.1) is 0 Å². The summed E-state index contributed by atoms with van der Waals surface area (Å²) >= 11 is 0. The summed E-state index contributed by atoms with van der Waals surface area (Å²) in [5, 5.41) is 20.9. The molecule has 0 unspecified atom stereocenters. The van der Waals surface area contributed by atoms with E-state index in [4.69, 9.17) is 5.21 Å². The monoisotopic (exact) mass is 146 g/mol. The minimum absolute atomic E-state index is 0.0737. The maximum atomic E-state index is 9.89. The number of nitrogens with zero attached hydrogens (tertiary/aromatic N) is 2. The largest absolute Gasteiger partial charge is 0.411 e. The second kappa shape index (κ2) is 3.81. The number of rotatable bonds is 3. The average Bonchev–Trinajstić information content (AvgIpc) is 1.81. The molecule has 0 fully saturated rings. The Labute approximate surface area is 58.5 Å². The van der Waals surface area contributed by atoms with E-state index in [1.807, 2.05) is 0 Å². The van der Waals surface area contributed by atoms with Gasteiger partial charge in [-0.05, 0) is 0 Å². The van der Waals surface area contributed by atoms with E-state index in [0.717, 1.165) is 0 Å². The van der Waals surface area contributed by atoms with Gasteiger partial charge >= 0.3 is 0 Å². The lowest BCUT2D eigenvalue weighted by Crippen LogP contribution is -2.19. The van der Waals surface area contributed by atoms with Crippen LogP contribution in [0.4, 0.5) is 0 Å². The highest BCUT2D eigenvalue weighted by atomic mass is 16.6. The molecule has 0 saturated heterocycles. The van der Waals surface area contributed by atoms with Crippen LogP contribution in [0.3, 0.4) is 0 Å². The summed E-state index contributed by atoms with van der Waals surface area (Å²) in [6, 6.07) is 0. The summed E-state index contributed by atoms with van der Waals surface area (Å²) in [5.74, 6) is -0.0737. The molecule has 0 aromatic heterocycles. The van der Waals surface area contributed by atoms with Crippen LogP contribution in [0.1, 0.15) is 13.8 Å². The predicted octanol–water partition coefficient (Wildman–Crippen LogP) is 0.749. The van der Waals surface area contributed by atoms with Crippen LogP contribution < -0.4 is 0 Å². The minimum atomic E-state index is -0.519. The second-order valence-corrected chi connectivity index (χ2v) is 2.24. The molecule has 0 aromatic rings. The van der Waals surface area contributed by atoms with Gasteiger partial charge in [0.05, 0.1) is 0 Å². The standard InChI is InChI=1S/C5H10N2O3/c1-4(2)5(6-8)3-7(9)10/h4,8H,3H2,1-2H3/b6-5+. The van der Waals surface area contributed by atoms with Gasteiger partial charge < -0.3 is 5.21 Å². The second-order valence-electron chi connectivity index (χ2n) is 2.24. The van der Waals surface area contributed by atoms with Crippen LogP contribution in [0, 0.1) is 16.0 Å². The topological polar surface area (TPSA) is 75.7 Å². The van der Waals surface area contributed by atoms with Crippen LogP contribution in [0.15, 0.2) is 5.16 Å². The Bertz CT molecular complexity index is 153. The van der Waals surface area contributed by atoms with Crippen molar-refractivity contribution in [3.63, 3.8) is 0 Å². The van der Waals surface area contributed by atoms with E-state index in [1.165, 1.54) is 0 Å². The van der Waals surface area contributed by atoms with Crippen molar-refractivity contribution in [3.05, 3.63) is 10.1 Å². The lowest BCUT2D eigenvalue weighted by atomic mass is 10.1. The third-order valence-electron chi connectivity index (χ3n) is 1.09. The summed E-state index contributed by atoms with van der Waals surface area (Å²) in [5.41, 5.74) is 0.199. The number of hydrogen-bond donors (Lipinski definition) is 1. The molecule has 10 heavy (non-hydrogen) atoms. The molecule has 0 spiro atoms.